The minimum Gasteiger partial charge on any atom is -0.408 e. The van der Waals surface area contributed by atoms with Crippen molar-refractivity contribution in [1.29, 1.82) is 0 Å². The fourth-order valence-corrected chi connectivity index (χ4v) is 3.31. The summed E-state index contributed by atoms with van der Waals surface area (Å²) in [6.45, 7) is 0. The third-order valence-corrected chi connectivity index (χ3v) is 4.78. The standard InChI is InChI=1S/C15H10BrCl2NO2/c1-19-12-3-2-8(6-13(12)21-15(19)20)14(16)9-4-10(17)7-11(18)5-9/h2-7,14H,1H3. The molecule has 1 unspecified atom stereocenters. The van der Waals surface area contributed by atoms with Gasteiger partial charge in [-0.3, -0.25) is 4.57 Å². The number of aryl methyl sites for hydroxylation is 1. The largest absolute Gasteiger partial charge is 0.419 e. The summed E-state index contributed by atoms with van der Waals surface area (Å²) >= 11 is 15.7. The summed E-state index contributed by atoms with van der Waals surface area (Å²) in [5, 5.41) is 1.16. The van der Waals surface area contributed by atoms with Crippen LogP contribution in [0.3, 0.4) is 0 Å². The Balaban J connectivity index is 2.08. The maximum absolute atomic E-state index is 11.5. The lowest BCUT2D eigenvalue weighted by Gasteiger charge is -2.11. The van der Waals surface area contributed by atoms with E-state index in [0.29, 0.717) is 15.6 Å². The molecule has 0 aliphatic carbocycles. The molecule has 3 aromatic rings. The van der Waals surface area contributed by atoms with Gasteiger partial charge in [-0.25, -0.2) is 4.79 Å². The molecule has 0 spiro atoms. The summed E-state index contributed by atoms with van der Waals surface area (Å²) < 4.78 is 6.68. The molecule has 108 valence electrons. The number of rotatable bonds is 2. The fraction of sp³-hybridized carbons (Fsp3) is 0.133. The highest BCUT2D eigenvalue weighted by Crippen LogP contribution is 2.35. The Hall–Kier alpha value is -1.23. The van der Waals surface area contributed by atoms with Crippen LogP contribution in [-0.2, 0) is 7.05 Å². The van der Waals surface area contributed by atoms with Crippen LogP contribution in [0.1, 0.15) is 16.0 Å². The molecule has 0 saturated heterocycles. The van der Waals surface area contributed by atoms with Crippen molar-refractivity contribution < 1.29 is 4.42 Å². The number of fused-ring (bicyclic) bond motifs is 1. The second-order valence-electron chi connectivity index (χ2n) is 4.72. The van der Waals surface area contributed by atoms with E-state index >= 15 is 0 Å². The molecule has 0 aliphatic heterocycles. The summed E-state index contributed by atoms with van der Waals surface area (Å²) in [6.07, 6.45) is 0. The molecule has 21 heavy (non-hydrogen) atoms. The van der Waals surface area contributed by atoms with Crippen LogP contribution in [0, 0.1) is 0 Å². The first-order chi connectivity index (χ1) is 9.95. The van der Waals surface area contributed by atoms with Gasteiger partial charge in [0.15, 0.2) is 5.58 Å². The summed E-state index contributed by atoms with van der Waals surface area (Å²) in [5.74, 6) is -0.376. The van der Waals surface area contributed by atoms with Crippen molar-refractivity contribution >= 4 is 50.2 Å². The van der Waals surface area contributed by atoms with Gasteiger partial charge in [-0.2, -0.15) is 0 Å². The van der Waals surface area contributed by atoms with E-state index in [2.05, 4.69) is 15.9 Å². The van der Waals surface area contributed by atoms with E-state index in [9.17, 15) is 4.79 Å². The highest BCUT2D eigenvalue weighted by molar-refractivity contribution is 9.09. The van der Waals surface area contributed by atoms with Crippen molar-refractivity contribution in [2.45, 2.75) is 4.83 Å². The molecule has 0 amide bonds. The third kappa shape index (κ3) is 2.76. The number of aromatic nitrogens is 1. The van der Waals surface area contributed by atoms with E-state index in [1.807, 2.05) is 30.3 Å². The molecule has 0 bridgehead atoms. The van der Waals surface area contributed by atoms with Crippen LogP contribution in [0.2, 0.25) is 10.0 Å². The number of halogens is 3. The molecule has 3 nitrogen and oxygen atoms in total. The van der Waals surface area contributed by atoms with Gasteiger partial charge in [-0.1, -0.05) is 45.2 Å². The van der Waals surface area contributed by atoms with Gasteiger partial charge in [-0.05, 0) is 41.5 Å². The monoisotopic (exact) mass is 385 g/mol. The molecule has 0 N–H and O–H groups in total. The number of benzene rings is 2. The predicted octanol–water partition coefficient (Wildman–Crippen LogP) is 4.92. The molecule has 0 fully saturated rings. The van der Waals surface area contributed by atoms with E-state index < -0.39 is 0 Å². The van der Waals surface area contributed by atoms with E-state index in [1.54, 1.807) is 13.1 Å². The van der Waals surface area contributed by atoms with Gasteiger partial charge < -0.3 is 4.42 Å². The van der Waals surface area contributed by atoms with Crippen LogP contribution in [0.5, 0.6) is 0 Å². The van der Waals surface area contributed by atoms with E-state index in [4.69, 9.17) is 27.6 Å². The van der Waals surface area contributed by atoms with E-state index in [-0.39, 0.29) is 10.6 Å². The average Bonchev–Trinajstić information content (AvgIpc) is 2.71. The van der Waals surface area contributed by atoms with Gasteiger partial charge in [0.2, 0.25) is 0 Å². The van der Waals surface area contributed by atoms with Crippen molar-refractivity contribution in [2.75, 3.05) is 0 Å². The van der Waals surface area contributed by atoms with Crippen LogP contribution < -0.4 is 5.76 Å². The minimum atomic E-state index is -0.376. The van der Waals surface area contributed by atoms with Crippen molar-refractivity contribution in [2.24, 2.45) is 7.05 Å². The Morgan fingerprint density at radius 2 is 1.76 bits per heavy atom. The summed E-state index contributed by atoms with van der Waals surface area (Å²) in [4.78, 5) is 11.4. The highest BCUT2D eigenvalue weighted by Gasteiger charge is 2.14. The Morgan fingerprint density at radius 1 is 1.10 bits per heavy atom. The molecule has 1 aromatic heterocycles. The van der Waals surface area contributed by atoms with Gasteiger partial charge in [0, 0.05) is 17.1 Å². The van der Waals surface area contributed by atoms with Gasteiger partial charge in [-0.15, -0.1) is 0 Å². The molecular weight excluding hydrogens is 377 g/mol. The molecule has 3 rings (SSSR count). The first-order valence-corrected chi connectivity index (χ1v) is 7.82. The van der Waals surface area contributed by atoms with Gasteiger partial charge in [0.05, 0.1) is 10.3 Å². The number of alkyl halides is 1. The second-order valence-corrected chi connectivity index (χ2v) is 6.51. The van der Waals surface area contributed by atoms with Crippen LogP contribution in [0.15, 0.2) is 45.6 Å². The SMILES string of the molecule is Cn1c(=O)oc2cc(C(Br)c3cc(Cl)cc(Cl)c3)ccc21. The number of hydrogen-bond acceptors (Lipinski definition) is 2. The van der Waals surface area contributed by atoms with Gasteiger partial charge in [0.1, 0.15) is 0 Å². The normalized spacial score (nSPS) is 12.8. The molecule has 0 saturated carbocycles. The molecule has 2 aromatic carbocycles. The zero-order valence-electron chi connectivity index (χ0n) is 10.9. The second kappa shape index (κ2) is 5.52. The van der Waals surface area contributed by atoms with Crippen LogP contribution in [0.4, 0.5) is 0 Å². The van der Waals surface area contributed by atoms with Gasteiger partial charge in [0.25, 0.3) is 0 Å². The number of hydrogen-bond donors (Lipinski definition) is 0. The smallest absolute Gasteiger partial charge is 0.408 e. The average molecular weight is 387 g/mol. The Kier molecular flexibility index (Phi) is 3.86. The van der Waals surface area contributed by atoms with Crippen molar-refractivity contribution in [3.8, 4) is 0 Å². The molecular formula is C15H10BrCl2NO2. The minimum absolute atomic E-state index is 0.0939. The summed E-state index contributed by atoms with van der Waals surface area (Å²) in [6, 6.07) is 11.0. The third-order valence-electron chi connectivity index (χ3n) is 3.29. The molecule has 1 atom stereocenters. The predicted molar refractivity (Wildman–Crippen MR) is 88.7 cm³/mol. The lowest BCUT2D eigenvalue weighted by Crippen LogP contribution is -2.08. The van der Waals surface area contributed by atoms with Crippen molar-refractivity contribution in [3.05, 3.63) is 68.1 Å². The fourth-order valence-electron chi connectivity index (χ4n) is 2.22. The highest BCUT2D eigenvalue weighted by atomic mass is 79.9. The quantitative estimate of drug-likeness (QED) is 0.585. The molecule has 6 heteroatoms. The summed E-state index contributed by atoms with van der Waals surface area (Å²) in [5.41, 5.74) is 3.20. The molecule has 0 radical (unpaired) electrons. The zero-order chi connectivity index (χ0) is 15.1. The Labute approximate surface area is 139 Å². The van der Waals surface area contributed by atoms with Gasteiger partial charge >= 0.3 is 5.76 Å². The summed E-state index contributed by atoms with van der Waals surface area (Å²) in [7, 11) is 1.68. The Bertz CT molecular complexity index is 865. The van der Waals surface area contributed by atoms with Crippen molar-refractivity contribution in [3.63, 3.8) is 0 Å². The number of nitrogens with zero attached hydrogens (tertiary/aromatic N) is 1. The first-order valence-electron chi connectivity index (χ1n) is 6.15. The van der Waals surface area contributed by atoms with Crippen LogP contribution in [0.25, 0.3) is 11.1 Å². The topological polar surface area (TPSA) is 35.1 Å². The molecule has 1 heterocycles. The lowest BCUT2D eigenvalue weighted by molar-refractivity contribution is 0.528. The number of oxazole rings is 1. The van der Waals surface area contributed by atoms with Crippen LogP contribution >= 0.6 is 39.1 Å². The maximum Gasteiger partial charge on any atom is 0.419 e. The molecule has 0 aliphatic rings. The van der Waals surface area contributed by atoms with Crippen LogP contribution in [-0.4, -0.2) is 4.57 Å². The van der Waals surface area contributed by atoms with E-state index in [0.717, 1.165) is 16.6 Å². The first kappa shape index (κ1) is 14.7. The van der Waals surface area contributed by atoms with Crippen molar-refractivity contribution in [1.82, 2.24) is 4.57 Å². The zero-order valence-corrected chi connectivity index (χ0v) is 14.0. The van der Waals surface area contributed by atoms with E-state index in [1.165, 1.54) is 4.57 Å². The Morgan fingerprint density at radius 3 is 2.43 bits per heavy atom. The lowest BCUT2D eigenvalue weighted by atomic mass is 10.0. The maximum atomic E-state index is 11.5.